The first-order valence-electron chi connectivity index (χ1n) is 6.73. The van der Waals surface area contributed by atoms with Crippen LogP contribution in [0.25, 0.3) is 0 Å². The van der Waals surface area contributed by atoms with Crippen LogP contribution in [0.4, 0.5) is 0 Å². The number of rotatable bonds is 6. The summed E-state index contributed by atoms with van der Waals surface area (Å²) in [6, 6.07) is 0.327. The Labute approximate surface area is 104 Å². The van der Waals surface area contributed by atoms with Crippen LogP contribution in [0.5, 0.6) is 0 Å². The van der Waals surface area contributed by atoms with Gasteiger partial charge in [0.1, 0.15) is 6.04 Å². The number of methoxy groups -OCH3 is 1. The maximum absolute atomic E-state index is 11.7. The summed E-state index contributed by atoms with van der Waals surface area (Å²) in [6.07, 6.45) is 4.72. The highest BCUT2D eigenvalue weighted by atomic mass is 16.5. The van der Waals surface area contributed by atoms with Gasteiger partial charge in [0, 0.05) is 12.6 Å². The second-order valence-electron chi connectivity index (χ2n) is 4.94. The van der Waals surface area contributed by atoms with E-state index < -0.39 is 0 Å². The molecule has 17 heavy (non-hydrogen) atoms. The van der Waals surface area contributed by atoms with E-state index in [9.17, 15) is 4.79 Å². The standard InChI is InChI=1S/C13H26N2O2/c1-4-10(2)12(13(16)17-3)15-9-11-7-5-6-8-14-11/h10-12,14-15H,4-9H2,1-3H3. The summed E-state index contributed by atoms with van der Waals surface area (Å²) in [6.45, 7) is 6.13. The molecule has 3 unspecified atom stereocenters. The van der Waals surface area contributed by atoms with E-state index in [-0.39, 0.29) is 12.0 Å². The van der Waals surface area contributed by atoms with Crippen molar-refractivity contribution in [2.75, 3.05) is 20.2 Å². The SMILES string of the molecule is CCC(C)C(NCC1CCCCN1)C(=O)OC. The zero-order valence-corrected chi connectivity index (χ0v) is 11.3. The van der Waals surface area contributed by atoms with Gasteiger partial charge >= 0.3 is 5.97 Å². The summed E-state index contributed by atoms with van der Waals surface area (Å²) in [4.78, 5) is 11.7. The zero-order chi connectivity index (χ0) is 12.7. The van der Waals surface area contributed by atoms with Crippen molar-refractivity contribution in [1.82, 2.24) is 10.6 Å². The Morgan fingerprint density at radius 1 is 1.53 bits per heavy atom. The Hall–Kier alpha value is -0.610. The molecule has 2 N–H and O–H groups in total. The van der Waals surface area contributed by atoms with Crippen molar-refractivity contribution >= 4 is 5.97 Å². The number of carbonyl (C=O) groups is 1. The predicted octanol–water partition coefficient (Wildman–Crippen LogP) is 1.31. The maximum Gasteiger partial charge on any atom is 0.323 e. The minimum absolute atomic E-state index is 0.143. The molecule has 0 aromatic heterocycles. The maximum atomic E-state index is 11.7. The predicted molar refractivity (Wildman–Crippen MR) is 68.9 cm³/mol. The van der Waals surface area contributed by atoms with Gasteiger partial charge in [-0.25, -0.2) is 0 Å². The Bertz CT molecular complexity index is 227. The van der Waals surface area contributed by atoms with Crippen molar-refractivity contribution in [1.29, 1.82) is 0 Å². The molecule has 1 rings (SSSR count). The molecule has 1 fully saturated rings. The number of ether oxygens (including phenoxy) is 1. The summed E-state index contributed by atoms with van der Waals surface area (Å²) in [5, 5.41) is 6.83. The van der Waals surface area contributed by atoms with Crippen LogP contribution in [0.1, 0.15) is 39.5 Å². The lowest BCUT2D eigenvalue weighted by Gasteiger charge is -2.28. The number of esters is 1. The third kappa shape index (κ3) is 4.64. The van der Waals surface area contributed by atoms with Gasteiger partial charge in [0.2, 0.25) is 0 Å². The van der Waals surface area contributed by atoms with Gasteiger partial charge in [-0.05, 0) is 25.3 Å². The van der Waals surface area contributed by atoms with Gasteiger partial charge in [-0.15, -0.1) is 0 Å². The lowest BCUT2D eigenvalue weighted by atomic mass is 9.98. The minimum Gasteiger partial charge on any atom is -0.468 e. The van der Waals surface area contributed by atoms with Crippen molar-refractivity contribution in [3.05, 3.63) is 0 Å². The van der Waals surface area contributed by atoms with Crippen molar-refractivity contribution in [2.45, 2.75) is 51.6 Å². The quantitative estimate of drug-likeness (QED) is 0.690. The van der Waals surface area contributed by atoms with E-state index in [4.69, 9.17) is 4.74 Å². The fourth-order valence-corrected chi connectivity index (χ4v) is 2.25. The van der Waals surface area contributed by atoms with Crippen molar-refractivity contribution in [3.63, 3.8) is 0 Å². The molecule has 100 valence electrons. The second-order valence-corrected chi connectivity index (χ2v) is 4.94. The van der Waals surface area contributed by atoms with E-state index in [0.29, 0.717) is 12.0 Å². The van der Waals surface area contributed by atoms with Crippen LogP contribution >= 0.6 is 0 Å². The lowest BCUT2D eigenvalue weighted by molar-refractivity contribution is -0.144. The van der Waals surface area contributed by atoms with E-state index in [2.05, 4.69) is 24.5 Å². The number of carbonyl (C=O) groups excluding carboxylic acids is 1. The van der Waals surface area contributed by atoms with Crippen LogP contribution < -0.4 is 10.6 Å². The third-order valence-corrected chi connectivity index (χ3v) is 3.66. The van der Waals surface area contributed by atoms with E-state index in [1.54, 1.807) is 0 Å². The Morgan fingerprint density at radius 3 is 2.82 bits per heavy atom. The van der Waals surface area contributed by atoms with Gasteiger partial charge in [0.05, 0.1) is 7.11 Å². The molecule has 0 aromatic rings. The summed E-state index contributed by atoms with van der Waals surface area (Å²) < 4.78 is 4.85. The van der Waals surface area contributed by atoms with Gasteiger partial charge < -0.3 is 15.4 Å². The van der Waals surface area contributed by atoms with Gasteiger partial charge in [-0.1, -0.05) is 26.7 Å². The van der Waals surface area contributed by atoms with Gasteiger partial charge in [0.15, 0.2) is 0 Å². The molecule has 0 aromatic carbocycles. The number of nitrogens with one attached hydrogen (secondary N) is 2. The summed E-state index contributed by atoms with van der Waals surface area (Å²) in [7, 11) is 1.46. The molecule has 0 bridgehead atoms. The summed E-state index contributed by atoms with van der Waals surface area (Å²) in [5.74, 6) is 0.168. The monoisotopic (exact) mass is 242 g/mol. The van der Waals surface area contributed by atoms with E-state index in [0.717, 1.165) is 19.5 Å². The van der Waals surface area contributed by atoms with Gasteiger partial charge in [-0.3, -0.25) is 4.79 Å². The molecule has 3 atom stereocenters. The van der Waals surface area contributed by atoms with E-state index in [1.807, 2.05) is 0 Å². The minimum atomic E-state index is -0.172. The van der Waals surface area contributed by atoms with Gasteiger partial charge in [-0.2, -0.15) is 0 Å². The Balaban J connectivity index is 2.39. The molecule has 1 saturated heterocycles. The smallest absolute Gasteiger partial charge is 0.323 e. The van der Waals surface area contributed by atoms with Crippen molar-refractivity contribution in [2.24, 2.45) is 5.92 Å². The number of hydrogen-bond acceptors (Lipinski definition) is 4. The third-order valence-electron chi connectivity index (χ3n) is 3.66. The van der Waals surface area contributed by atoms with E-state index >= 15 is 0 Å². The molecule has 1 aliphatic rings. The van der Waals surface area contributed by atoms with Crippen LogP contribution in [0.15, 0.2) is 0 Å². The van der Waals surface area contributed by atoms with Crippen LogP contribution in [-0.2, 0) is 9.53 Å². The molecule has 0 aliphatic carbocycles. The van der Waals surface area contributed by atoms with Gasteiger partial charge in [0.25, 0.3) is 0 Å². The lowest BCUT2D eigenvalue weighted by Crippen LogP contribution is -2.49. The molecule has 4 heteroatoms. The highest BCUT2D eigenvalue weighted by Crippen LogP contribution is 2.11. The molecular weight excluding hydrogens is 216 g/mol. The van der Waals surface area contributed by atoms with Crippen molar-refractivity contribution in [3.8, 4) is 0 Å². The topological polar surface area (TPSA) is 50.4 Å². The molecule has 4 nitrogen and oxygen atoms in total. The van der Waals surface area contributed by atoms with Crippen LogP contribution in [0, 0.1) is 5.92 Å². The zero-order valence-electron chi connectivity index (χ0n) is 11.3. The van der Waals surface area contributed by atoms with Crippen LogP contribution in [-0.4, -0.2) is 38.3 Å². The number of piperidine rings is 1. The average Bonchev–Trinajstić information content (AvgIpc) is 2.39. The highest BCUT2D eigenvalue weighted by Gasteiger charge is 2.25. The summed E-state index contributed by atoms with van der Waals surface area (Å²) >= 11 is 0. The first kappa shape index (κ1) is 14.5. The molecular formula is C13H26N2O2. The fraction of sp³-hybridized carbons (Fsp3) is 0.923. The first-order valence-corrected chi connectivity index (χ1v) is 6.73. The molecule has 0 amide bonds. The Kier molecular flexibility index (Phi) is 6.52. The molecule has 0 radical (unpaired) electrons. The highest BCUT2D eigenvalue weighted by molar-refractivity contribution is 5.75. The van der Waals surface area contributed by atoms with E-state index in [1.165, 1.54) is 26.4 Å². The Morgan fingerprint density at radius 2 is 2.29 bits per heavy atom. The number of hydrogen-bond donors (Lipinski definition) is 2. The normalized spacial score (nSPS) is 24.1. The largest absolute Gasteiger partial charge is 0.468 e. The molecule has 1 heterocycles. The van der Waals surface area contributed by atoms with Crippen molar-refractivity contribution < 1.29 is 9.53 Å². The first-order chi connectivity index (χ1) is 8.19. The van der Waals surface area contributed by atoms with Crippen LogP contribution in [0.2, 0.25) is 0 Å². The molecule has 1 aliphatic heterocycles. The average molecular weight is 242 g/mol. The van der Waals surface area contributed by atoms with Crippen LogP contribution in [0.3, 0.4) is 0 Å². The second kappa shape index (κ2) is 7.67. The molecule has 0 saturated carbocycles. The molecule has 0 spiro atoms. The fourth-order valence-electron chi connectivity index (χ4n) is 2.25. The summed E-state index contributed by atoms with van der Waals surface area (Å²) in [5.41, 5.74) is 0.